The second-order valence-electron chi connectivity index (χ2n) is 5.71. The largest absolute Gasteiger partial charge is 0.495 e. The van der Waals surface area contributed by atoms with Crippen molar-refractivity contribution in [1.82, 2.24) is 0 Å². The first-order chi connectivity index (χ1) is 11.2. The number of ether oxygens (including phenoxy) is 1. The molecule has 24 heavy (non-hydrogen) atoms. The van der Waals surface area contributed by atoms with Crippen molar-refractivity contribution in [3.05, 3.63) is 59.1 Å². The maximum atomic E-state index is 6.09. The highest BCUT2D eigenvalue weighted by molar-refractivity contribution is 14.0. The molecule has 3 rings (SSSR count). The molecule has 0 aromatic heterocycles. The fourth-order valence-corrected chi connectivity index (χ4v) is 2.96. The van der Waals surface area contributed by atoms with Crippen LogP contribution in [0.4, 0.5) is 5.69 Å². The Bertz CT molecular complexity index is 709. The quantitative estimate of drug-likeness (QED) is 0.395. The van der Waals surface area contributed by atoms with E-state index in [1.807, 2.05) is 12.1 Å². The molecular formula is C18H21ClIN3O. The number of halogens is 2. The monoisotopic (exact) mass is 457 g/mol. The number of benzene rings is 2. The molecule has 0 bridgehead atoms. The molecule has 6 heteroatoms. The van der Waals surface area contributed by atoms with Crippen LogP contribution >= 0.6 is 35.6 Å². The van der Waals surface area contributed by atoms with E-state index in [9.17, 15) is 0 Å². The maximum absolute atomic E-state index is 6.09. The summed E-state index contributed by atoms with van der Waals surface area (Å²) >= 11 is 6.09. The highest BCUT2D eigenvalue weighted by Crippen LogP contribution is 2.47. The number of guanidine groups is 1. The van der Waals surface area contributed by atoms with E-state index >= 15 is 0 Å². The van der Waals surface area contributed by atoms with Gasteiger partial charge in [-0.15, -0.1) is 24.0 Å². The summed E-state index contributed by atoms with van der Waals surface area (Å²) in [6.45, 7) is 0.738. The summed E-state index contributed by atoms with van der Waals surface area (Å²) in [5, 5.41) is 3.60. The smallest absolute Gasteiger partial charge is 0.193 e. The number of nitrogens with two attached hydrogens (primary N) is 1. The molecule has 2 aromatic rings. The molecule has 1 aliphatic rings. The van der Waals surface area contributed by atoms with E-state index in [0.717, 1.165) is 12.2 Å². The lowest BCUT2D eigenvalue weighted by Gasteiger charge is -2.08. The molecule has 1 saturated carbocycles. The summed E-state index contributed by atoms with van der Waals surface area (Å²) < 4.78 is 5.12. The second kappa shape index (κ2) is 8.58. The predicted octanol–water partition coefficient (Wildman–Crippen LogP) is 4.50. The van der Waals surface area contributed by atoms with Crippen LogP contribution in [0.15, 0.2) is 53.5 Å². The molecule has 0 spiro atoms. The fraction of sp³-hybridized carbons (Fsp3) is 0.278. The van der Waals surface area contributed by atoms with Crippen LogP contribution in [0, 0.1) is 5.92 Å². The van der Waals surface area contributed by atoms with E-state index < -0.39 is 0 Å². The van der Waals surface area contributed by atoms with Crippen molar-refractivity contribution >= 4 is 47.2 Å². The zero-order chi connectivity index (χ0) is 16.2. The van der Waals surface area contributed by atoms with Crippen LogP contribution in [-0.2, 0) is 0 Å². The number of methoxy groups -OCH3 is 1. The summed E-state index contributed by atoms with van der Waals surface area (Å²) in [7, 11) is 1.59. The molecule has 0 aliphatic heterocycles. The molecule has 2 unspecified atom stereocenters. The first-order valence-corrected chi connectivity index (χ1v) is 8.00. The van der Waals surface area contributed by atoms with Gasteiger partial charge in [-0.2, -0.15) is 0 Å². The summed E-state index contributed by atoms with van der Waals surface area (Å²) in [5.74, 6) is 2.24. The predicted molar refractivity (Wildman–Crippen MR) is 111 cm³/mol. The van der Waals surface area contributed by atoms with Crippen molar-refractivity contribution in [1.29, 1.82) is 0 Å². The standard InChI is InChI=1S/C18H20ClN3O.HI/c1-23-17-8-7-14(10-16(17)19)22-18(20)21-11-13-9-15(13)12-5-3-2-4-6-12;/h2-8,10,13,15H,9,11H2,1H3,(H3,20,21,22);1H. The van der Waals surface area contributed by atoms with Crippen LogP contribution in [0.1, 0.15) is 17.9 Å². The Morgan fingerprint density at radius 3 is 2.71 bits per heavy atom. The summed E-state index contributed by atoms with van der Waals surface area (Å²) in [4.78, 5) is 4.44. The van der Waals surface area contributed by atoms with Crippen molar-refractivity contribution in [2.45, 2.75) is 12.3 Å². The SMILES string of the molecule is COc1ccc(NC(N)=NCC2CC2c2ccccc2)cc1Cl.I. The van der Waals surface area contributed by atoms with Gasteiger partial charge in [-0.05, 0) is 42.0 Å². The van der Waals surface area contributed by atoms with E-state index in [1.165, 1.54) is 12.0 Å². The molecule has 0 amide bonds. The molecule has 2 aromatic carbocycles. The van der Waals surface area contributed by atoms with Crippen molar-refractivity contribution < 1.29 is 4.74 Å². The van der Waals surface area contributed by atoms with Crippen molar-refractivity contribution in [3.63, 3.8) is 0 Å². The molecule has 1 fully saturated rings. The van der Waals surface area contributed by atoms with Gasteiger partial charge in [-0.25, -0.2) is 0 Å². The van der Waals surface area contributed by atoms with E-state index in [0.29, 0.717) is 28.6 Å². The van der Waals surface area contributed by atoms with Gasteiger partial charge in [0.05, 0.1) is 12.1 Å². The lowest BCUT2D eigenvalue weighted by molar-refractivity contribution is 0.415. The Morgan fingerprint density at radius 1 is 1.29 bits per heavy atom. The van der Waals surface area contributed by atoms with Crippen LogP contribution in [0.25, 0.3) is 0 Å². The third-order valence-corrected chi connectivity index (χ3v) is 4.37. The molecule has 0 radical (unpaired) electrons. The van der Waals surface area contributed by atoms with Gasteiger partial charge in [0.15, 0.2) is 5.96 Å². The van der Waals surface area contributed by atoms with E-state index in [-0.39, 0.29) is 24.0 Å². The molecule has 1 aliphatic carbocycles. The number of rotatable bonds is 5. The van der Waals surface area contributed by atoms with Crippen molar-refractivity contribution in [2.75, 3.05) is 19.0 Å². The fourth-order valence-electron chi connectivity index (χ4n) is 2.71. The van der Waals surface area contributed by atoms with Gasteiger partial charge >= 0.3 is 0 Å². The van der Waals surface area contributed by atoms with E-state index in [2.05, 4.69) is 34.6 Å². The van der Waals surface area contributed by atoms with Gasteiger partial charge in [0.25, 0.3) is 0 Å². The van der Waals surface area contributed by atoms with E-state index in [4.69, 9.17) is 22.1 Å². The topological polar surface area (TPSA) is 59.6 Å². The average Bonchev–Trinajstić information content (AvgIpc) is 3.34. The van der Waals surface area contributed by atoms with Gasteiger partial charge in [0, 0.05) is 12.2 Å². The number of nitrogens with zero attached hydrogens (tertiary/aromatic N) is 1. The minimum atomic E-state index is 0. The molecule has 3 N–H and O–H groups in total. The van der Waals surface area contributed by atoms with Crippen LogP contribution < -0.4 is 15.8 Å². The highest BCUT2D eigenvalue weighted by atomic mass is 127. The van der Waals surface area contributed by atoms with Crippen LogP contribution in [-0.4, -0.2) is 19.6 Å². The number of nitrogens with one attached hydrogen (secondary N) is 1. The zero-order valence-corrected chi connectivity index (χ0v) is 16.5. The van der Waals surface area contributed by atoms with Crippen molar-refractivity contribution in [3.8, 4) is 5.75 Å². The van der Waals surface area contributed by atoms with Crippen LogP contribution in [0.5, 0.6) is 5.75 Å². The first-order valence-electron chi connectivity index (χ1n) is 7.63. The highest BCUT2D eigenvalue weighted by Gasteiger charge is 2.37. The first kappa shape index (κ1) is 18.9. The molecule has 0 saturated heterocycles. The third-order valence-electron chi connectivity index (χ3n) is 4.07. The minimum absolute atomic E-state index is 0. The summed E-state index contributed by atoms with van der Waals surface area (Å²) in [5.41, 5.74) is 8.14. The van der Waals surface area contributed by atoms with E-state index in [1.54, 1.807) is 19.2 Å². The third kappa shape index (κ3) is 4.77. The zero-order valence-electron chi connectivity index (χ0n) is 13.4. The van der Waals surface area contributed by atoms with Crippen molar-refractivity contribution in [2.24, 2.45) is 16.6 Å². The average molecular weight is 458 g/mol. The van der Waals surface area contributed by atoms with Crippen LogP contribution in [0.3, 0.4) is 0 Å². The lowest BCUT2D eigenvalue weighted by atomic mass is 10.1. The molecule has 4 nitrogen and oxygen atoms in total. The van der Waals surface area contributed by atoms with Crippen LogP contribution in [0.2, 0.25) is 5.02 Å². The minimum Gasteiger partial charge on any atom is -0.495 e. The second-order valence-corrected chi connectivity index (χ2v) is 6.12. The Balaban J connectivity index is 0.00000208. The maximum Gasteiger partial charge on any atom is 0.193 e. The van der Waals surface area contributed by atoms with Gasteiger partial charge in [0.2, 0.25) is 0 Å². The molecule has 0 heterocycles. The normalized spacial score (nSPS) is 19.3. The summed E-state index contributed by atoms with van der Waals surface area (Å²) in [6.07, 6.45) is 1.18. The number of anilines is 1. The summed E-state index contributed by atoms with van der Waals surface area (Å²) in [6, 6.07) is 16.0. The van der Waals surface area contributed by atoms with Gasteiger partial charge in [0.1, 0.15) is 5.75 Å². The number of hydrogen-bond acceptors (Lipinski definition) is 2. The Kier molecular flexibility index (Phi) is 6.74. The van der Waals surface area contributed by atoms with Gasteiger partial charge in [-0.1, -0.05) is 41.9 Å². The van der Waals surface area contributed by atoms with Gasteiger partial charge in [-0.3, -0.25) is 4.99 Å². The number of aliphatic imine (C=N–C) groups is 1. The Labute approximate surface area is 164 Å². The number of hydrogen-bond donors (Lipinski definition) is 2. The lowest BCUT2D eigenvalue weighted by Crippen LogP contribution is -2.23. The Hall–Kier alpha value is -1.47. The Morgan fingerprint density at radius 2 is 2.04 bits per heavy atom. The van der Waals surface area contributed by atoms with Gasteiger partial charge < -0.3 is 15.8 Å². The molecule has 2 atom stereocenters. The molecular weight excluding hydrogens is 437 g/mol. The molecule has 128 valence electrons.